The normalized spacial score (nSPS) is 15.4. The summed E-state index contributed by atoms with van der Waals surface area (Å²) in [6.45, 7) is 5.29. The monoisotopic (exact) mass is 346 g/mol. The molecule has 1 aliphatic rings. The third-order valence-corrected chi connectivity index (χ3v) is 4.97. The summed E-state index contributed by atoms with van der Waals surface area (Å²) in [5, 5.41) is 9.68. The van der Waals surface area contributed by atoms with Crippen LogP contribution in [0, 0.1) is 6.92 Å². The summed E-state index contributed by atoms with van der Waals surface area (Å²) in [5.41, 5.74) is 4.10. The smallest absolute Gasteiger partial charge is 0.256 e. The molecule has 1 aromatic heterocycles. The van der Waals surface area contributed by atoms with Crippen LogP contribution in [0.15, 0.2) is 48.5 Å². The fraction of sp³-hybridized carbons (Fsp3) is 0.286. The second-order valence-corrected chi connectivity index (χ2v) is 6.91. The summed E-state index contributed by atoms with van der Waals surface area (Å²) < 4.78 is 0. The number of amides is 1. The van der Waals surface area contributed by atoms with Crippen LogP contribution in [0.3, 0.4) is 0 Å². The molecule has 0 saturated carbocycles. The summed E-state index contributed by atoms with van der Waals surface area (Å²) in [6, 6.07) is 15.8. The number of aromatic nitrogens is 2. The van der Waals surface area contributed by atoms with Crippen LogP contribution in [-0.4, -0.2) is 59.1 Å². The molecule has 5 nitrogen and oxygen atoms in total. The van der Waals surface area contributed by atoms with E-state index in [1.165, 1.54) is 0 Å². The molecular weight excluding hydrogens is 324 g/mol. The molecule has 1 saturated heterocycles. The number of fused-ring (bicyclic) bond motifs is 1. The molecule has 0 aliphatic carbocycles. The SMILES string of the molecule is Cc1ccc2nnc(-c3ccccc3)c(C(=O)N3CCN(C)CC3)c2c1. The molecule has 26 heavy (non-hydrogen) atoms. The highest BCUT2D eigenvalue weighted by molar-refractivity contribution is 6.10. The predicted molar refractivity (Wildman–Crippen MR) is 103 cm³/mol. The van der Waals surface area contributed by atoms with E-state index in [0.29, 0.717) is 11.3 Å². The minimum Gasteiger partial charge on any atom is -0.336 e. The second-order valence-electron chi connectivity index (χ2n) is 6.91. The Morgan fingerprint density at radius 2 is 1.69 bits per heavy atom. The van der Waals surface area contributed by atoms with Crippen LogP contribution in [0.5, 0.6) is 0 Å². The van der Waals surface area contributed by atoms with Crippen LogP contribution in [-0.2, 0) is 0 Å². The molecule has 0 bridgehead atoms. The van der Waals surface area contributed by atoms with Gasteiger partial charge in [0.1, 0.15) is 5.69 Å². The summed E-state index contributed by atoms with van der Waals surface area (Å²) >= 11 is 0. The van der Waals surface area contributed by atoms with Crippen LogP contribution >= 0.6 is 0 Å². The maximum Gasteiger partial charge on any atom is 0.256 e. The molecule has 1 aliphatic heterocycles. The van der Waals surface area contributed by atoms with Gasteiger partial charge in [-0.25, -0.2) is 0 Å². The van der Waals surface area contributed by atoms with E-state index in [4.69, 9.17) is 0 Å². The van der Waals surface area contributed by atoms with Gasteiger partial charge in [0.15, 0.2) is 0 Å². The molecule has 0 N–H and O–H groups in total. The molecule has 1 amide bonds. The van der Waals surface area contributed by atoms with Gasteiger partial charge in [-0.3, -0.25) is 4.79 Å². The van der Waals surface area contributed by atoms with E-state index in [1.54, 1.807) is 0 Å². The molecule has 0 radical (unpaired) electrons. The quantitative estimate of drug-likeness (QED) is 0.716. The van der Waals surface area contributed by atoms with Crippen molar-refractivity contribution in [2.45, 2.75) is 6.92 Å². The number of benzene rings is 2. The summed E-state index contributed by atoms with van der Waals surface area (Å²) in [7, 11) is 2.09. The van der Waals surface area contributed by atoms with Gasteiger partial charge in [0.25, 0.3) is 5.91 Å². The first-order chi connectivity index (χ1) is 12.6. The zero-order valence-electron chi connectivity index (χ0n) is 15.1. The predicted octanol–water partition coefficient (Wildman–Crippen LogP) is 2.99. The number of carbonyl (C=O) groups excluding carboxylic acids is 1. The van der Waals surface area contributed by atoms with Crippen molar-refractivity contribution < 1.29 is 4.79 Å². The van der Waals surface area contributed by atoms with Gasteiger partial charge in [-0.1, -0.05) is 42.0 Å². The fourth-order valence-corrected chi connectivity index (χ4v) is 3.40. The number of hydrogen-bond donors (Lipinski definition) is 0. The topological polar surface area (TPSA) is 49.3 Å². The van der Waals surface area contributed by atoms with Gasteiger partial charge in [-0.15, -0.1) is 10.2 Å². The molecule has 2 heterocycles. The van der Waals surface area contributed by atoms with E-state index in [1.807, 2.05) is 60.4 Å². The van der Waals surface area contributed by atoms with Crippen molar-refractivity contribution in [3.05, 3.63) is 59.7 Å². The Bertz CT molecular complexity index is 947. The standard InChI is InChI=1S/C21H22N4O/c1-15-8-9-18-17(14-15)19(21(26)25-12-10-24(2)11-13-25)20(23-22-18)16-6-4-3-5-7-16/h3-9,14H,10-13H2,1-2H3. The highest BCUT2D eigenvalue weighted by Gasteiger charge is 2.26. The molecule has 1 fully saturated rings. The van der Waals surface area contributed by atoms with Crippen LogP contribution < -0.4 is 0 Å². The Morgan fingerprint density at radius 1 is 0.962 bits per heavy atom. The molecule has 0 spiro atoms. The minimum atomic E-state index is 0.0439. The van der Waals surface area contributed by atoms with Crippen molar-refractivity contribution >= 4 is 16.8 Å². The number of likely N-dealkylation sites (N-methyl/N-ethyl adjacent to an activating group) is 1. The average molecular weight is 346 g/mol. The third kappa shape index (κ3) is 3.06. The third-order valence-electron chi connectivity index (χ3n) is 4.97. The highest BCUT2D eigenvalue weighted by Crippen LogP contribution is 2.29. The van der Waals surface area contributed by atoms with E-state index >= 15 is 0 Å². The molecular formula is C21H22N4O. The fourth-order valence-electron chi connectivity index (χ4n) is 3.40. The van der Waals surface area contributed by atoms with Crippen molar-refractivity contribution in [2.24, 2.45) is 0 Å². The number of hydrogen-bond acceptors (Lipinski definition) is 4. The maximum absolute atomic E-state index is 13.5. The first-order valence-corrected chi connectivity index (χ1v) is 8.94. The van der Waals surface area contributed by atoms with Crippen molar-refractivity contribution in [1.82, 2.24) is 20.0 Å². The Hall–Kier alpha value is -2.79. The first-order valence-electron chi connectivity index (χ1n) is 8.94. The number of rotatable bonds is 2. The van der Waals surface area contributed by atoms with Gasteiger partial charge in [0, 0.05) is 37.1 Å². The van der Waals surface area contributed by atoms with E-state index in [9.17, 15) is 4.79 Å². The lowest BCUT2D eigenvalue weighted by molar-refractivity contribution is 0.0666. The first kappa shape index (κ1) is 16.7. The van der Waals surface area contributed by atoms with E-state index in [2.05, 4.69) is 22.1 Å². The number of aryl methyl sites for hydroxylation is 1. The number of carbonyl (C=O) groups is 1. The molecule has 5 heteroatoms. The lowest BCUT2D eigenvalue weighted by atomic mass is 9.99. The summed E-state index contributed by atoms with van der Waals surface area (Å²) in [4.78, 5) is 17.6. The van der Waals surface area contributed by atoms with Gasteiger partial charge in [-0.2, -0.15) is 0 Å². The molecule has 132 valence electrons. The van der Waals surface area contributed by atoms with Crippen LogP contribution in [0.2, 0.25) is 0 Å². The van der Waals surface area contributed by atoms with E-state index in [-0.39, 0.29) is 5.91 Å². The number of piperazine rings is 1. The molecule has 0 unspecified atom stereocenters. The van der Waals surface area contributed by atoms with Gasteiger partial charge >= 0.3 is 0 Å². The van der Waals surface area contributed by atoms with Crippen molar-refractivity contribution in [1.29, 1.82) is 0 Å². The van der Waals surface area contributed by atoms with Gasteiger partial charge in [0.2, 0.25) is 0 Å². The molecule has 2 aromatic carbocycles. The highest BCUT2D eigenvalue weighted by atomic mass is 16.2. The Morgan fingerprint density at radius 3 is 2.42 bits per heavy atom. The van der Waals surface area contributed by atoms with E-state index in [0.717, 1.165) is 48.2 Å². The lowest BCUT2D eigenvalue weighted by Crippen LogP contribution is -2.47. The number of nitrogens with zero attached hydrogens (tertiary/aromatic N) is 4. The average Bonchev–Trinajstić information content (AvgIpc) is 2.67. The van der Waals surface area contributed by atoms with Gasteiger partial charge < -0.3 is 9.80 Å². The van der Waals surface area contributed by atoms with Gasteiger partial charge in [0.05, 0.1) is 11.1 Å². The van der Waals surface area contributed by atoms with Crippen LogP contribution in [0.4, 0.5) is 0 Å². The van der Waals surface area contributed by atoms with Crippen molar-refractivity contribution in [3.63, 3.8) is 0 Å². The Kier molecular flexibility index (Phi) is 4.39. The summed E-state index contributed by atoms with van der Waals surface area (Å²) in [5.74, 6) is 0.0439. The second kappa shape index (κ2) is 6.84. The van der Waals surface area contributed by atoms with Crippen molar-refractivity contribution in [2.75, 3.05) is 33.2 Å². The zero-order chi connectivity index (χ0) is 18.1. The van der Waals surface area contributed by atoms with Gasteiger partial charge in [-0.05, 0) is 26.1 Å². The Balaban J connectivity index is 1.89. The van der Waals surface area contributed by atoms with E-state index < -0.39 is 0 Å². The Labute approximate surface area is 153 Å². The zero-order valence-corrected chi connectivity index (χ0v) is 15.1. The molecule has 0 atom stereocenters. The lowest BCUT2D eigenvalue weighted by Gasteiger charge is -2.33. The van der Waals surface area contributed by atoms with Crippen molar-refractivity contribution in [3.8, 4) is 11.3 Å². The maximum atomic E-state index is 13.5. The summed E-state index contributed by atoms with van der Waals surface area (Å²) in [6.07, 6.45) is 0. The molecule has 3 aromatic rings. The van der Waals surface area contributed by atoms with Crippen LogP contribution in [0.25, 0.3) is 22.2 Å². The minimum absolute atomic E-state index is 0.0439. The molecule has 4 rings (SSSR count). The van der Waals surface area contributed by atoms with Crippen LogP contribution in [0.1, 0.15) is 15.9 Å². The largest absolute Gasteiger partial charge is 0.336 e.